The molecule has 0 atom stereocenters. The third-order valence-corrected chi connectivity index (χ3v) is 5.57. The fourth-order valence-corrected chi connectivity index (χ4v) is 4.02. The summed E-state index contributed by atoms with van der Waals surface area (Å²) >= 11 is 1.50. The summed E-state index contributed by atoms with van der Waals surface area (Å²) in [6.45, 7) is 4.61. The average Bonchev–Trinajstić information content (AvgIpc) is 3.14. The lowest BCUT2D eigenvalue weighted by Gasteiger charge is -2.27. The van der Waals surface area contributed by atoms with E-state index >= 15 is 0 Å². The number of carbonyl (C=O) groups is 2. The summed E-state index contributed by atoms with van der Waals surface area (Å²) in [5, 5.41) is 6.29. The molecule has 8 heteroatoms. The number of ether oxygens (including phenoxy) is 1. The highest BCUT2D eigenvalue weighted by atomic mass is 32.1. The van der Waals surface area contributed by atoms with Gasteiger partial charge in [0.2, 0.25) is 11.8 Å². The fourth-order valence-electron chi connectivity index (χ4n) is 3.12. The summed E-state index contributed by atoms with van der Waals surface area (Å²) in [6.07, 6.45) is 5.32. The van der Waals surface area contributed by atoms with E-state index in [0.29, 0.717) is 11.7 Å². The monoisotopic (exact) mass is 414 g/mol. The maximum absolute atomic E-state index is 12.2. The molecule has 2 aromatic rings. The van der Waals surface area contributed by atoms with E-state index in [0.717, 1.165) is 48.7 Å². The Morgan fingerprint density at radius 2 is 1.97 bits per heavy atom. The standard InChI is InChI=1S/C21H26N4O3S/c1-15(26)24-21-23-13-19(29-21)14-25-9-7-16(8-10-25)11-20(27)22-12-17-3-5-18(28-2)6-4-17/h3-6,11,13H,7-10,12,14H2,1-2H3,(H,22,27)(H,23,24,26). The molecular formula is C21H26N4O3S. The molecule has 1 aromatic heterocycles. The van der Waals surface area contributed by atoms with E-state index in [2.05, 4.69) is 20.5 Å². The Balaban J connectivity index is 1.42. The number of likely N-dealkylation sites (tertiary alicyclic amines) is 1. The van der Waals surface area contributed by atoms with Crippen molar-refractivity contribution in [3.05, 3.63) is 52.6 Å². The Hall–Kier alpha value is -2.71. The quantitative estimate of drug-likeness (QED) is 0.681. The van der Waals surface area contributed by atoms with Gasteiger partial charge in [-0.1, -0.05) is 17.7 Å². The maximum Gasteiger partial charge on any atom is 0.244 e. The van der Waals surface area contributed by atoms with Crippen molar-refractivity contribution in [1.29, 1.82) is 0 Å². The number of anilines is 1. The largest absolute Gasteiger partial charge is 0.497 e. The van der Waals surface area contributed by atoms with E-state index in [1.807, 2.05) is 30.5 Å². The van der Waals surface area contributed by atoms with Crippen LogP contribution in [0.25, 0.3) is 0 Å². The molecule has 0 saturated carbocycles. The van der Waals surface area contributed by atoms with E-state index in [1.165, 1.54) is 23.8 Å². The highest BCUT2D eigenvalue weighted by Gasteiger charge is 2.16. The minimum atomic E-state index is -0.107. The Bertz CT molecular complexity index is 866. The van der Waals surface area contributed by atoms with Crippen LogP contribution in [-0.4, -0.2) is 41.9 Å². The lowest BCUT2D eigenvalue weighted by molar-refractivity contribution is -0.117. The second kappa shape index (κ2) is 10.2. The van der Waals surface area contributed by atoms with Gasteiger partial charge in [0.1, 0.15) is 5.75 Å². The van der Waals surface area contributed by atoms with Crippen molar-refractivity contribution < 1.29 is 14.3 Å². The first-order valence-electron chi connectivity index (χ1n) is 9.56. The van der Waals surface area contributed by atoms with E-state index in [4.69, 9.17) is 4.74 Å². The summed E-state index contributed by atoms with van der Waals surface area (Å²) in [5.74, 6) is 0.647. The molecule has 0 radical (unpaired) electrons. The van der Waals surface area contributed by atoms with Crippen LogP contribution in [0.1, 0.15) is 30.2 Å². The highest BCUT2D eigenvalue weighted by Crippen LogP contribution is 2.23. The number of nitrogens with zero attached hydrogens (tertiary/aromatic N) is 2. The molecule has 29 heavy (non-hydrogen) atoms. The molecule has 1 aromatic carbocycles. The van der Waals surface area contributed by atoms with Gasteiger partial charge < -0.3 is 15.4 Å². The number of nitrogens with one attached hydrogen (secondary N) is 2. The summed E-state index contributed by atoms with van der Waals surface area (Å²) in [5.41, 5.74) is 2.22. The smallest absolute Gasteiger partial charge is 0.244 e. The highest BCUT2D eigenvalue weighted by molar-refractivity contribution is 7.15. The van der Waals surface area contributed by atoms with Crippen LogP contribution in [0.15, 0.2) is 42.1 Å². The summed E-state index contributed by atoms with van der Waals surface area (Å²) in [7, 11) is 1.63. The lowest BCUT2D eigenvalue weighted by atomic mass is 10.0. The number of hydrogen-bond acceptors (Lipinski definition) is 6. The third kappa shape index (κ3) is 6.69. The van der Waals surface area contributed by atoms with Crippen LogP contribution >= 0.6 is 11.3 Å². The minimum absolute atomic E-state index is 0.0494. The molecule has 0 unspecified atom stereocenters. The number of aromatic nitrogens is 1. The van der Waals surface area contributed by atoms with Crippen molar-refractivity contribution in [2.24, 2.45) is 0 Å². The molecule has 3 rings (SSSR count). The summed E-state index contributed by atoms with van der Waals surface area (Å²) < 4.78 is 5.14. The number of piperidine rings is 1. The molecule has 2 amide bonds. The second-order valence-corrected chi connectivity index (χ2v) is 8.07. The van der Waals surface area contributed by atoms with Gasteiger partial charge in [0.25, 0.3) is 0 Å². The maximum atomic E-state index is 12.2. The van der Waals surface area contributed by atoms with Crippen molar-refractivity contribution in [2.45, 2.75) is 32.9 Å². The zero-order valence-corrected chi connectivity index (χ0v) is 17.6. The molecule has 7 nitrogen and oxygen atoms in total. The predicted molar refractivity (Wildman–Crippen MR) is 114 cm³/mol. The van der Waals surface area contributed by atoms with E-state index < -0.39 is 0 Å². The van der Waals surface area contributed by atoms with Gasteiger partial charge in [0.05, 0.1) is 7.11 Å². The first kappa shape index (κ1) is 21.0. The van der Waals surface area contributed by atoms with E-state index in [9.17, 15) is 9.59 Å². The van der Waals surface area contributed by atoms with Gasteiger partial charge in [0.15, 0.2) is 5.13 Å². The number of carbonyl (C=O) groups excluding carboxylic acids is 2. The molecule has 1 aliphatic rings. The number of methoxy groups -OCH3 is 1. The number of amides is 2. The molecule has 0 bridgehead atoms. The van der Waals surface area contributed by atoms with Gasteiger partial charge in [-0.25, -0.2) is 4.98 Å². The molecule has 0 spiro atoms. The first-order chi connectivity index (χ1) is 14.0. The van der Waals surface area contributed by atoms with Crippen molar-refractivity contribution in [2.75, 3.05) is 25.5 Å². The van der Waals surface area contributed by atoms with Gasteiger partial charge in [0, 0.05) is 50.3 Å². The Labute approximate surface area is 174 Å². The molecule has 1 fully saturated rings. The first-order valence-corrected chi connectivity index (χ1v) is 10.4. The van der Waals surface area contributed by atoms with Gasteiger partial charge in [-0.05, 0) is 30.5 Å². The molecule has 0 aliphatic carbocycles. The van der Waals surface area contributed by atoms with E-state index in [1.54, 1.807) is 13.2 Å². The Morgan fingerprint density at radius 1 is 1.24 bits per heavy atom. The number of thiazole rings is 1. The minimum Gasteiger partial charge on any atom is -0.497 e. The lowest BCUT2D eigenvalue weighted by Crippen LogP contribution is -2.30. The SMILES string of the molecule is COc1ccc(CNC(=O)C=C2CCN(Cc3cnc(NC(C)=O)s3)CC2)cc1. The van der Waals surface area contributed by atoms with Gasteiger partial charge in [-0.15, -0.1) is 11.3 Å². The Morgan fingerprint density at radius 3 is 2.62 bits per heavy atom. The number of rotatable bonds is 7. The van der Waals surface area contributed by atoms with Crippen LogP contribution in [0.2, 0.25) is 0 Å². The molecule has 154 valence electrons. The third-order valence-electron chi connectivity index (χ3n) is 4.68. The zero-order valence-electron chi connectivity index (χ0n) is 16.7. The number of hydrogen-bond donors (Lipinski definition) is 2. The predicted octanol–water partition coefficient (Wildman–Crippen LogP) is 2.95. The number of benzene rings is 1. The van der Waals surface area contributed by atoms with Gasteiger partial charge in [-0.3, -0.25) is 14.5 Å². The van der Waals surface area contributed by atoms with Crippen molar-refractivity contribution in [1.82, 2.24) is 15.2 Å². The fraction of sp³-hybridized carbons (Fsp3) is 0.381. The summed E-state index contributed by atoms with van der Waals surface area (Å²) in [6, 6.07) is 7.67. The van der Waals surface area contributed by atoms with Crippen LogP contribution < -0.4 is 15.4 Å². The molecule has 2 heterocycles. The average molecular weight is 415 g/mol. The Kier molecular flexibility index (Phi) is 7.37. The van der Waals surface area contributed by atoms with Gasteiger partial charge >= 0.3 is 0 Å². The van der Waals surface area contributed by atoms with Crippen LogP contribution in [0.5, 0.6) is 5.75 Å². The van der Waals surface area contributed by atoms with Crippen molar-refractivity contribution in [3.63, 3.8) is 0 Å². The zero-order chi connectivity index (χ0) is 20.6. The normalized spacial score (nSPS) is 14.3. The van der Waals surface area contributed by atoms with Crippen LogP contribution in [-0.2, 0) is 22.7 Å². The molecule has 2 N–H and O–H groups in total. The van der Waals surface area contributed by atoms with E-state index in [-0.39, 0.29) is 11.8 Å². The van der Waals surface area contributed by atoms with Crippen molar-refractivity contribution in [3.8, 4) is 5.75 Å². The topological polar surface area (TPSA) is 83.6 Å². The molecule has 1 saturated heterocycles. The molecular weight excluding hydrogens is 388 g/mol. The summed E-state index contributed by atoms with van der Waals surface area (Å²) in [4.78, 5) is 31.0. The molecule has 1 aliphatic heterocycles. The van der Waals surface area contributed by atoms with Crippen LogP contribution in [0, 0.1) is 0 Å². The van der Waals surface area contributed by atoms with Crippen LogP contribution in [0.3, 0.4) is 0 Å². The van der Waals surface area contributed by atoms with Crippen molar-refractivity contribution >= 4 is 28.3 Å². The van der Waals surface area contributed by atoms with Gasteiger partial charge in [-0.2, -0.15) is 0 Å². The van der Waals surface area contributed by atoms with Crippen LogP contribution in [0.4, 0.5) is 5.13 Å². The second-order valence-electron chi connectivity index (χ2n) is 6.96.